The van der Waals surface area contributed by atoms with E-state index in [0.717, 1.165) is 23.4 Å². The molecular formula is C26H29N3O3. The fraction of sp³-hybridized carbons (Fsp3) is 0.231. The lowest BCUT2D eigenvalue weighted by Gasteiger charge is -2.13. The third-order valence-electron chi connectivity index (χ3n) is 4.93. The summed E-state index contributed by atoms with van der Waals surface area (Å²) in [5.41, 5.74) is 3.83. The molecule has 32 heavy (non-hydrogen) atoms. The Morgan fingerprint density at radius 2 is 1.50 bits per heavy atom. The van der Waals surface area contributed by atoms with Crippen LogP contribution in [0.1, 0.15) is 36.2 Å². The van der Waals surface area contributed by atoms with Crippen molar-refractivity contribution in [2.24, 2.45) is 0 Å². The van der Waals surface area contributed by atoms with Gasteiger partial charge >= 0.3 is 0 Å². The Morgan fingerprint density at radius 3 is 2.16 bits per heavy atom. The summed E-state index contributed by atoms with van der Waals surface area (Å²) >= 11 is 0. The molecule has 0 aliphatic rings. The van der Waals surface area contributed by atoms with Gasteiger partial charge in [-0.3, -0.25) is 9.59 Å². The van der Waals surface area contributed by atoms with Crippen LogP contribution in [0.3, 0.4) is 0 Å². The van der Waals surface area contributed by atoms with Crippen molar-refractivity contribution in [2.75, 3.05) is 22.5 Å². The molecule has 0 fully saturated rings. The standard InChI is InChI=1S/C26H29N3O3/c1-4-19(3)32-24-14-12-22(13-15-24)28-25(30)17-27-21-8-10-23(11-9-21)29-26(31)20-7-5-6-18(2)16-20/h5-16,19,27H,4,17H2,1-3H3,(H,28,30)(H,29,31). The number of carbonyl (C=O) groups excluding carboxylic acids is 2. The molecule has 6 nitrogen and oxygen atoms in total. The van der Waals surface area contributed by atoms with E-state index in [1.807, 2.05) is 68.4 Å². The molecule has 0 aromatic heterocycles. The number of hydrogen-bond donors (Lipinski definition) is 3. The summed E-state index contributed by atoms with van der Waals surface area (Å²) in [4.78, 5) is 24.6. The number of rotatable bonds is 9. The minimum absolute atomic E-state index is 0.125. The lowest BCUT2D eigenvalue weighted by Crippen LogP contribution is -2.21. The number of ether oxygens (including phenoxy) is 1. The molecule has 0 heterocycles. The average molecular weight is 432 g/mol. The predicted molar refractivity (Wildman–Crippen MR) is 130 cm³/mol. The minimum Gasteiger partial charge on any atom is -0.491 e. The summed E-state index contributed by atoms with van der Waals surface area (Å²) in [6, 6.07) is 22.0. The summed E-state index contributed by atoms with van der Waals surface area (Å²) in [6.07, 6.45) is 1.09. The van der Waals surface area contributed by atoms with E-state index in [1.54, 1.807) is 18.2 Å². The highest BCUT2D eigenvalue weighted by molar-refractivity contribution is 6.04. The molecule has 0 bridgehead atoms. The van der Waals surface area contributed by atoms with Crippen molar-refractivity contribution in [1.29, 1.82) is 0 Å². The predicted octanol–water partition coefficient (Wildman–Crippen LogP) is 5.48. The van der Waals surface area contributed by atoms with Crippen LogP contribution in [0.5, 0.6) is 5.75 Å². The van der Waals surface area contributed by atoms with Crippen LogP contribution in [0.4, 0.5) is 17.1 Å². The third kappa shape index (κ3) is 6.87. The molecule has 0 radical (unpaired) electrons. The van der Waals surface area contributed by atoms with Crippen molar-refractivity contribution in [3.63, 3.8) is 0 Å². The fourth-order valence-electron chi connectivity index (χ4n) is 2.98. The van der Waals surface area contributed by atoms with Crippen LogP contribution < -0.4 is 20.7 Å². The van der Waals surface area contributed by atoms with E-state index in [-0.39, 0.29) is 24.5 Å². The second-order valence-corrected chi connectivity index (χ2v) is 7.66. The van der Waals surface area contributed by atoms with Crippen LogP contribution in [0.25, 0.3) is 0 Å². The maximum Gasteiger partial charge on any atom is 0.255 e. The number of hydrogen-bond acceptors (Lipinski definition) is 4. The van der Waals surface area contributed by atoms with Gasteiger partial charge in [-0.15, -0.1) is 0 Å². The van der Waals surface area contributed by atoms with E-state index in [2.05, 4.69) is 22.9 Å². The zero-order valence-corrected chi connectivity index (χ0v) is 18.6. The van der Waals surface area contributed by atoms with Crippen molar-refractivity contribution in [2.45, 2.75) is 33.3 Å². The van der Waals surface area contributed by atoms with Gasteiger partial charge in [-0.2, -0.15) is 0 Å². The first-order valence-electron chi connectivity index (χ1n) is 10.7. The maximum absolute atomic E-state index is 12.3. The highest BCUT2D eigenvalue weighted by Gasteiger charge is 2.07. The van der Waals surface area contributed by atoms with E-state index in [1.165, 1.54) is 0 Å². The Bertz CT molecular complexity index is 1050. The van der Waals surface area contributed by atoms with Gasteiger partial charge in [0.05, 0.1) is 12.6 Å². The molecule has 3 N–H and O–H groups in total. The quantitative estimate of drug-likeness (QED) is 0.419. The summed E-state index contributed by atoms with van der Waals surface area (Å²) < 4.78 is 5.74. The van der Waals surface area contributed by atoms with Gasteiger partial charge in [0.2, 0.25) is 5.91 Å². The first kappa shape index (κ1) is 22.9. The van der Waals surface area contributed by atoms with Crippen LogP contribution in [-0.4, -0.2) is 24.5 Å². The average Bonchev–Trinajstić information content (AvgIpc) is 2.80. The van der Waals surface area contributed by atoms with Gasteiger partial charge in [0, 0.05) is 22.6 Å². The number of carbonyl (C=O) groups is 2. The van der Waals surface area contributed by atoms with Crippen LogP contribution in [0.15, 0.2) is 72.8 Å². The Labute approximate surface area is 189 Å². The highest BCUT2D eigenvalue weighted by atomic mass is 16.5. The van der Waals surface area contributed by atoms with Gasteiger partial charge in [0.15, 0.2) is 0 Å². The van der Waals surface area contributed by atoms with Crippen molar-refractivity contribution < 1.29 is 14.3 Å². The number of amides is 2. The Balaban J connectivity index is 1.46. The van der Waals surface area contributed by atoms with Gasteiger partial charge in [-0.1, -0.05) is 24.6 Å². The van der Waals surface area contributed by atoms with Gasteiger partial charge in [-0.05, 0) is 80.9 Å². The highest BCUT2D eigenvalue weighted by Crippen LogP contribution is 2.18. The molecule has 1 unspecified atom stereocenters. The van der Waals surface area contributed by atoms with Gasteiger partial charge < -0.3 is 20.7 Å². The Kier molecular flexibility index (Phi) is 7.86. The van der Waals surface area contributed by atoms with Gasteiger partial charge in [0.1, 0.15) is 5.75 Å². The van der Waals surface area contributed by atoms with Crippen LogP contribution in [0.2, 0.25) is 0 Å². The first-order valence-corrected chi connectivity index (χ1v) is 10.7. The molecule has 3 rings (SSSR count). The van der Waals surface area contributed by atoms with Gasteiger partial charge in [0.25, 0.3) is 5.91 Å². The van der Waals surface area contributed by atoms with Crippen molar-refractivity contribution in [3.8, 4) is 5.75 Å². The number of nitrogens with one attached hydrogen (secondary N) is 3. The summed E-state index contributed by atoms with van der Waals surface area (Å²) in [5, 5.41) is 8.81. The second kappa shape index (κ2) is 11.0. The normalized spacial score (nSPS) is 11.3. The first-order chi connectivity index (χ1) is 15.4. The molecule has 0 aliphatic heterocycles. The third-order valence-corrected chi connectivity index (χ3v) is 4.93. The Hall–Kier alpha value is -3.80. The van der Waals surface area contributed by atoms with Crippen LogP contribution in [0, 0.1) is 6.92 Å². The summed E-state index contributed by atoms with van der Waals surface area (Å²) in [7, 11) is 0. The van der Waals surface area contributed by atoms with Crippen LogP contribution >= 0.6 is 0 Å². The van der Waals surface area contributed by atoms with E-state index >= 15 is 0 Å². The van der Waals surface area contributed by atoms with Crippen molar-refractivity contribution in [1.82, 2.24) is 0 Å². The number of benzene rings is 3. The topological polar surface area (TPSA) is 79.5 Å². The van der Waals surface area contributed by atoms with Crippen LogP contribution in [-0.2, 0) is 4.79 Å². The molecule has 0 saturated carbocycles. The lowest BCUT2D eigenvalue weighted by molar-refractivity contribution is -0.114. The van der Waals surface area contributed by atoms with Crippen molar-refractivity contribution in [3.05, 3.63) is 83.9 Å². The van der Waals surface area contributed by atoms with E-state index < -0.39 is 0 Å². The monoisotopic (exact) mass is 431 g/mol. The van der Waals surface area contributed by atoms with Crippen molar-refractivity contribution >= 4 is 28.9 Å². The molecule has 6 heteroatoms. The number of anilines is 3. The fourth-order valence-corrected chi connectivity index (χ4v) is 2.98. The number of aryl methyl sites for hydroxylation is 1. The second-order valence-electron chi connectivity index (χ2n) is 7.66. The molecule has 1 atom stereocenters. The molecule has 3 aromatic carbocycles. The zero-order valence-electron chi connectivity index (χ0n) is 18.6. The molecule has 0 aliphatic carbocycles. The minimum atomic E-state index is -0.158. The molecular weight excluding hydrogens is 402 g/mol. The molecule has 3 aromatic rings. The van der Waals surface area contributed by atoms with E-state index in [0.29, 0.717) is 16.9 Å². The SMILES string of the molecule is CCC(C)Oc1ccc(NC(=O)CNc2ccc(NC(=O)c3cccc(C)c3)cc2)cc1. The molecule has 166 valence electrons. The lowest BCUT2D eigenvalue weighted by atomic mass is 10.1. The zero-order chi connectivity index (χ0) is 22.9. The molecule has 2 amide bonds. The maximum atomic E-state index is 12.3. The van der Waals surface area contributed by atoms with Gasteiger partial charge in [-0.25, -0.2) is 0 Å². The molecule has 0 saturated heterocycles. The summed E-state index contributed by atoms with van der Waals surface area (Å²) in [6.45, 7) is 6.16. The Morgan fingerprint density at radius 1 is 0.875 bits per heavy atom. The summed E-state index contributed by atoms with van der Waals surface area (Å²) in [5.74, 6) is 0.469. The van der Waals surface area contributed by atoms with E-state index in [9.17, 15) is 9.59 Å². The smallest absolute Gasteiger partial charge is 0.255 e. The largest absolute Gasteiger partial charge is 0.491 e. The van der Waals surface area contributed by atoms with E-state index in [4.69, 9.17) is 4.74 Å². The molecule has 0 spiro atoms.